The first kappa shape index (κ1) is 41.9. The van der Waals surface area contributed by atoms with Crippen molar-refractivity contribution < 1.29 is 41.8 Å². The molecule has 3 rings (SSSR count). The number of para-hydroxylation sites is 3. The summed E-state index contributed by atoms with van der Waals surface area (Å²) in [5.74, 6) is 1.72. The van der Waals surface area contributed by atoms with Crippen LogP contribution in [0.3, 0.4) is 0 Å². The minimum atomic E-state index is -2.02. The fourth-order valence-corrected chi connectivity index (χ4v) is 4.51. The van der Waals surface area contributed by atoms with Crippen LogP contribution in [-0.2, 0) is 13.6 Å². The molecule has 0 N–H and O–H groups in total. The maximum Gasteiger partial charge on any atom is 3.00 e. The van der Waals surface area contributed by atoms with Crippen LogP contribution in [0.25, 0.3) is 0 Å². The Morgan fingerprint density at radius 3 is 0.884 bits per heavy atom. The van der Waals surface area contributed by atoms with Crippen molar-refractivity contribution in [2.75, 3.05) is 19.8 Å². The van der Waals surface area contributed by atoms with Crippen LogP contribution in [0.1, 0.15) is 59.3 Å². The van der Waals surface area contributed by atoms with E-state index in [-0.39, 0.29) is 24.4 Å². The number of unbranched alkanes of at least 4 members (excludes halogenated alkanes) is 3. The molecule has 3 atom stereocenters. The van der Waals surface area contributed by atoms with Crippen molar-refractivity contribution in [2.45, 2.75) is 59.3 Å². The van der Waals surface area contributed by atoms with Gasteiger partial charge in [-0.3, -0.25) is 0 Å². The van der Waals surface area contributed by atoms with Crippen LogP contribution in [0, 0.1) is 0 Å². The van der Waals surface area contributed by atoms with E-state index in [0.717, 1.165) is 38.5 Å². The fourth-order valence-electron chi connectivity index (χ4n) is 2.63. The molecule has 0 aliphatic rings. The monoisotopic (exact) mass is 760 g/mol. The van der Waals surface area contributed by atoms with Crippen LogP contribution < -0.4 is 28.3 Å². The summed E-state index contributed by atoms with van der Waals surface area (Å²) in [6.45, 7) is 7.60. The molecule has 0 bridgehead atoms. The molecule has 3 aromatic carbocycles. The maximum absolute atomic E-state index is 11.2. The smallest absolute Gasteiger partial charge is 0.776 e. The van der Waals surface area contributed by atoms with E-state index in [4.69, 9.17) is 27.1 Å². The van der Waals surface area contributed by atoms with E-state index in [1.807, 2.05) is 54.6 Å². The molecule has 0 aliphatic heterocycles. The second-order valence-corrected chi connectivity index (χ2v) is 11.1. The zero-order chi connectivity index (χ0) is 30.7. The van der Waals surface area contributed by atoms with Gasteiger partial charge in [-0.25, -0.2) is 0 Å². The molecule has 0 aliphatic carbocycles. The molecule has 0 fully saturated rings. The number of rotatable bonds is 18. The zero-order valence-electron chi connectivity index (χ0n) is 25.0. The van der Waals surface area contributed by atoms with Gasteiger partial charge >= 0.3 is 24.4 Å². The minimum Gasteiger partial charge on any atom is -0.776 e. The van der Waals surface area contributed by atoms with E-state index in [9.17, 15) is 14.7 Å². The van der Waals surface area contributed by atoms with Crippen molar-refractivity contribution in [1.29, 1.82) is 0 Å². The third-order valence-corrected chi connectivity index (χ3v) is 7.11. The summed E-state index contributed by atoms with van der Waals surface area (Å²) in [5, 5.41) is 0. The largest absolute Gasteiger partial charge is 3.00 e. The average Bonchev–Trinajstić information content (AvgIpc) is 3.00. The Morgan fingerprint density at radius 2 is 0.674 bits per heavy atom. The van der Waals surface area contributed by atoms with Gasteiger partial charge in [-0.05, 0) is 55.7 Å². The van der Waals surface area contributed by atoms with Crippen molar-refractivity contribution in [2.24, 2.45) is 0 Å². The molecular formula is C30H42O9P3Sb. The number of benzene rings is 3. The van der Waals surface area contributed by atoms with Crippen molar-refractivity contribution in [1.82, 2.24) is 0 Å². The molecule has 0 saturated heterocycles. The van der Waals surface area contributed by atoms with E-state index in [2.05, 4.69) is 20.8 Å². The van der Waals surface area contributed by atoms with Crippen LogP contribution >= 0.6 is 25.8 Å². The molecule has 9 nitrogen and oxygen atoms in total. The van der Waals surface area contributed by atoms with Crippen LogP contribution in [-0.4, -0.2) is 44.2 Å². The van der Waals surface area contributed by atoms with Gasteiger partial charge in [0.15, 0.2) is 0 Å². The van der Waals surface area contributed by atoms with Gasteiger partial charge < -0.3 is 41.8 Å². The molecule has 13 heteroatoms. The van der Waals surface area contributed by atoms with Gasteiger partial charge in [-0.15, -0.1) is 0 Å². The third-order valence-electron chi connectivity index (χ3n) is 4.85. The second-order valence-electron chi connectivity index (χ2n) is 8.44. The van der Waals surface area contributed by atoms with Crippen LogP contribution in [0.15, 0.2) is 91.0 Å². The fraction of sp³-hybridized carbons (Fsp3) is 0.400. The minimum absolute atomic E-state index is 0. The summed E-state index contributed by atoms with van der Waals surface area (Å²) in [6.07, 6.45) is 5.77. The molecule has 0 amide bonds. The SMILES string of the molecule is CCCCOP([O-])Oc1ccccc1.CCCCOP([O-])Oc1ccccc1.CCCCOP([O-])Oc1ccccc1.[Sb+3]. The second kappa shape index (κ2) is 29.6. The van der Waals surface area contributed by atoms with Crippen LogP contribution in [0.5, 0.6) is 17.2 Å². The third kappa shape index (κ3) is 24.9. The molecule has 43 heavy (non-hydrogen) atoms. The summed E-state index contributed by atoms with van der Waals surface area (Å²) in [6, 6.07) is 27.0. The Morgan fingerprint density at radius 1 is 0.442 bits per heavy atom. The van der Waals surface area contributed by atoms with Crippen molar-refractivity contribution in [3.63, 3.8) is 0 Å². The number of hydrogen-bond donors (Lipinski definition) is 0. The summed E-state index contributed by atoms with van der Waals surface area (Å²) >= 11 is 0. The Kier molecular flexibility index (Phi) is 28.9. The molecule has 0 heterocycles. The molecule has 0 spiro atoms. The normalized spacial score (nSPS) is 12.1. The maximum atomic E-state index is 11.2. The van der Waals surface area contributed by atoms with Crippen molar-refractivity contribution in [3.05, 3.63) is 91.0 Å². The zero-order valence-corrected chi connectivity index (χ0v) is 30.2. The van der Waals surface area contributed by atoms with Crippen molar-refractivity contribution in [3.8, 4) is 17.2 Å². The molecule has 0 aromatic heterocycles. The van der Waals surface area contributed by atoms with Gasteiger partial charge in [0.05, 0.1) is 19.8 Å². The van der Waals surface area contributed by atoms with Gasteiger partial charge in [-0.1, -0.05) is 94.6 Å². The van der Waals surface area contributed by atoms with E-state index >= 15 is 0 Å². The van der Waals surface area contributed by atoms with Crippen LogP contribution in [0.4, 0.5) is 0 Å². The van der Waals surface area contributed by atoms with Crippen molar-refractivity contribution >= 4 is 50.2 Å². The van der Waals surface area contributed by atoms with Gasteiger partial charge in [-0.2, -0.15) is 0 Å². The van der Waals surface area contributed by atoms with E-state index in [1.54, 1.807) is 36.4 Å². The quantitative estimate of drug-likeness (QED) is 0.0764. The first-order valence-corrected chi connectivity index (χ1v) is 17.3. The van der Waals surface area contributed by atoms with Gasteiger partial charge in [0.2, 0.25) is 0 Å². The Balaban J connectivity index is 0.000000608. The molecule has 3 aromatic rings. The average molecular weight is 761 g/mol. The Hall–Kier alpha value is -1.07. The van der Waals surface area contributed by atoms with Gasteiger partial charge in [0, 0.05) is 0 Å². The summed E-state index contributed by atoms with van der Waals surface area (Å²) in [7, 11) is -6.06. The molecule has 0 saturated carbocycles. The molecular weight excluding hydrogens is 719 g/mol. The Bertz CT molecular complexity index is 855. The summed E-state index contributed by atoms with van der Waals surface area (Å²) < 4.78 is 30.1. The van der Waals surface area contributed by atoms with Crippen LogP contribution in [0.2, 0.25) is 0 Å². The first-order chi connectivity index (χ1) is 20.5. The van der Waals surface area contributed by atoms with Gasteiger partial charge in [0.25, 0.3) is 0 Å². The van der Waals surface area contributed by atoms with E-state index < -0.39 is 25.8 Å². The first-order valence-electron chi connectivity index (χ1n) is 14.0. The predicted octanol–water partition coefficient (Wildman–Crippen LogP) is 7.03. The van der Waals surface area contributed by atoms with Gasteiger partial charge in [0.1, 0.15) is 43.1 Å². The molecule has 236 valence electrons. The van der Waals surface area contributed by atoms with E-state index in [1.165, 1.54) is 0 Å². The molecule has 2 radical (unpaired) electrons. The van der Waals surface area contributed by atoms with E-state index in [0.29, 0.717) is 37.1 Å². The summed E-state index contributed by atoms with van der Waals surface area (Å²) in [4.78, 5) is 33.6. The standard InChI is InChI=1S/3C10H14O3P.Sb/c3*1-2-3-9-12-14(11)13-10-7-5-4-6-8-10;/h3*4-8H,2-3,9H2,1H3;/q3*-1;+3. The molecule has 3 unspecified atom stereocenters. The Labute approximate surface area is 278 Å². The topological polar surface area (TPSA) is 125 Å². The number of hydrogen-bond acceptors (Lipinski definition) is 9. The predicted molar refractivity (Wildman–Crippen MR) is 170 cm³/mol. The summed E-state index contributed by atoms with van der Waals surface area (Å²) in [5.41, 5.74) is 0.